The van der Waals surface area contributed by atoms with E-state index in [2.05, 4.69) is 5.92 Å². The van der Waals surface area contributed by atoms with Crippen LogP contribution in [0.1, 0.15) is 30.4 Å². The van der Waals surface area contributed by atoms with Gasteiger partial charge in [0.1, 0.15) is 12.2 Å². The number of carbonyl (C=O) groups is 2. The number of carboxylic acid groups (broad SMARTS) is 1. The first-order valence-corrected chi connectivity index (χ1v) is 5.58. The number of aromatic nitrogens is 1. The first kappa shape index (κ1) is 13.8. The van der Waals surface area contributed by atoms with E-state index in [9.17, 15) is 9.59 Å². The molecule has 5 nitrogen and oxygen atoms in total. The van der Waals surface area contributed by atoms with Gasteiger partial charge in [0.2, 0.25) is 0 Å². The Kier molecular flexibility index (Phi) is 4.55. The molecule has 0 aromatic carbocycles. The van der Waals surface area contributed by atoms with E-state index >= 15 is 0 Å². The maximum atomic E-state index is 12.2. The van der Waals surface area contributed by atoms with Gasteiger partial charge in [0, 0.05) is 12.2 Å². The number of nitrogens with zero attached hydrogens (tertiary/aromatic N) is 2. The van der Waals surface area contributed by atoms with Gasteiger partial charge in [0.05, 0.1) is 6.54 Å². The van der Waals surface area contributed by atoms with Gasteiger partial charge in [-0.1, -0.05) is 5.92 Å². The molecule has 0 aliphatic heterocycles. The number of carbonyl (C=O) groups excluding carboxylic acids is 1. The highest BCUT2D eigenvalue weighted by Gasteiger charge is 2.21. The van der Waals surface area contributed by atoms with Gasteiger partial charge in [-0.15, -0.1) is 6.42 Å². The summed E-state index contributed by atoms with van der Waals surface area (Å²) in [5, 5.41) is 8.77. The minimum absolute atomic E-state index is 0.0194. The zero-order chi connectivity index (χ0) is 13.7. The third-order valence-electron chi connectivity index (χ3n) is 2.45. The van der Waals surface area contributed by atoms with Crippen molar-refractivity contribution in [2.75, 3.05) is 13.1 Å². The Morgan fingerprint density at radius 2 is 2.22 bits per heavy atom. The second-order valence-electron chi connectivity index (χ2n) is 4.15. The smallest absolute Gasteiger partial charge is 0.323 e. The van der Waals surface area contributed by atoms with Crippen molar-refractivity contribution in [2.45, 2.75) is 19.9 Å². The topological polar surface area (TPSA) is 62.5 Å². The number of aliphatic carboxylic acids is 1. The van der Waals surface area contributed by atoms with Crippen molar-refractivity contribution in [3.05, 3.63) is 24.0 Å². The van der Waals surface area contributed by atoms with Crippen LogP contribution in [0.15, 0.2) is 18.3 Å². The highest BCUT2D eigenvalue weighted by atomic mass is 16.4. The van der Waals surface area contributed by atoms with Crippen LogP contribution in [0, 0.1) is 12.3 Å². The van der Waals surface area contributed by atoms with Crippen molar-refractivity contribution < 1.29 is 14.7 Å². The first-order valence-electron chi connectivity index (χ1n) is 5.58. The molecule has 18 heavy (non-hydrogen) atoms. The number of terminal acetylenes is 1. The molecule has 1 heterocycles. The molecule has 0 aliphatic rings. The normalized spacial score (nSPS) is 10.1. The van der Waals surface area contributed by atoms with Crippen molar-refractivity contribution >= 4 is 11.9 Å². The molecule has 1 aromatic rings. The van der Waals surface area contributed by atoms with Crippen molar-refractivity contribution in [3.8, 4) is 12.3 Å². The molecule has 1 rings (SSSR count). The summed E-state index contributed by atoms with van der Waals surface area (Å²) < 4.78 is 1.79. The Hall–Kier alpha value is -2.22. The van der Waals surface area contributed by atoms with E-state index < -0.39 is 12.5 Å². The molecule has 0 saturated carbocycles. The SMILES string of the molecule is C#CCN(CC(=O)O)C(=O)c1cccn1C(C)C. The zero-order valence-corrected chi connectivity index (χ0v) is 10.5. The molecular formula is C13H16N2O3. The highest BCUT2D eigenvalue weighted by Crippen LogP contribution is 2.13. The molecule has 0 bridgehead atoms. The molecule has 0 unspecified atom stereocenters. The summed E-state index contributed by atoms with van der Waals surface area (Å²) in [5.74, 6) is 0.848. The molecule has 1 amide bonds. The second kappa shape index (κ2) is 5.92. The minimum Gasteiger partial charge on any atom is -0.480 e. The maximum Gasteiger partial charge on any atom is 0.323 e. The number of carboxylic acids is 1. The van der Waals surface area contributed by atoms with Gasteiger partial charge in [-0.25, -0.2) is 0 Å². The third kappa shape index (κ3) is 3.14. The number of amides is 1. The van der Waals surface area contributed by atoms with Gasteiger partial charge in [-0.3, -0.25) is 9.59 Å². The molecular weight excluding hydrogens is 232 g/mol. The van der Waals surface area contributed by atoms with Crippen LogP contribution in [0.5, 0.6) is 0 Å². The molecule has 0 atom stereocenters. The monoisotopic (exact) mass is 248 g/mol. The first-order chi connectivity index (χ1) is 8.47. The molecule has 1 N–H and O–H groups in total. The quantitative estimate of drug-likeness (QED) is 0.797. The van der Waals surface area contributed by atoms with E-state index in [0.717, 1.165) is 4.90 Å². The zero-order valence-electron chi connectivity index (χ0n) is 10.5. The lowest BCUT2D eigenvalue weighted by Gasteiger charge is -2.20. The van der Waals surface area contributed by atoms with E-state index in [4.69, 9.17) is 11.5 Å². The average Bonchev–Trinajstić information content (AvgIpc) is 2.75. The molecule has 0 saturated heterocycles. The molecule has 0 radical (unpaired) electrons. The number of hydrogen-bond donors (Lipinski definition) is 1. The Bertz CT molecular complexity index is 483. The predicted molar refractivity (Wildman–Crippen MR) is 67.2 cm³/mol. The van der Waals surface area contributed by atoms with Crippen LogP contribution in [0.25, 0.3) is 0 Å². The highest BCUT2D eigenvalue weighted by molar-refractivity contribution is 5.94. The van der Waals surface area contributed by atoms with Gasteiger partial charge >= 0.3 is 5.97 Å². The Morgan fingerprint density at radius 1 is 1.56 bits per heavy atom. The second-order valence-corrected chi connectivity index (χ2v) is 4.15. The number of hydrogen-bond acceptors (Lipinski definition) is 2. The maximum absolute atomic E-state index is 12.2. The average molecular weight is 248 g/mol. The van der Waals surface area contributed by atoms with Crippen molar-refractivity contribution in [3.63, 3.8) is 0 Å². The van der Waals surface area contributed by atoms with Crippen LogP contribution in [0.4, 0.5) is 0 Å². The van der Waals surface area contributed by atoms with Crippen LogP contribution in [-0.4, -0.2) is 39.5 Å². The summed E-state index contributed by atoms with van der Waals surface area (Å²) in [6.45, 7) is 3.47. The van der Waals surface area contributed by atoms with Crippen molar-refractivity contribution in [2.24, 2.45) is 0 Å². The van der Waals surface area contributed by atoms with Crippen molar-refractivity contribution in [1.29, 1.82) is 0 Å². The molecule has 5 heteroatoms. The molecule has 0 fully saturated rings. The number of rotatable bonds is 5. The summed E-state index contributed by atoms with van der Waals surface area (Å²) >= 11 is 0. The summed E-state index contributed by atoms with van der Waals surface area (Å²) in [4.78, 5) is 24.0. The Balaban J connectivity index is 2.98. The van der Waals surface area contributed by atoms with Gasteiger partial charge in [0.25, 0.3) is 5.91 Å². The van der Waals surface area contributed by atoms with Crippen LogP contribution in [0.2, 0.25) is 0 Å². The summed E-state index contributed by atoms with van der Waals surface area (Å²) in [5.41, 5.74) is 0.446. The van der Waals surface area contributed by atoms with Crippen LogP contribution < -0.4 is 0 Å². The molecule has 96 valence electrons. The van der Waals surface area contributed by atoms with Gasteiger partial charge < -0.3 is 14.6 Å². The summed E-state index contributed by atoms with van der Waals surface area (Å²) in [6, 6.07) is 3.53. The molecule has 1 aromatic heterocycles. The molecule has 0 spiro atoms. The standard InChI is InChI=1S/C13H16N2O3/c1-4-7-14(9-12(16)17)13(18)11-6-5-8-15(11)10(2)3/h1,5-6,8,10H,7,9H2,2-3H3,(H,16,17). The van der Waals surface area contributed by atoms with Crippen LogP contribution in [0.3, 0.4) is 0 Å². The van der Waals surface area contributed by atoms with E-state index in [1.54, 1.807) is 22.9 Å². The largest absolute Gasteiger partial charge is 0.480 e. The lowest BCUT2D eigenvalue weighted by Crippen LogP contribution is -2.37. The fourth-order valence-electron chi connectivity index (χ4n) is 1.66. The van der Waals surface area contributed by atoms with E-state index in [-0.39, 0.29) is 18.5 Å². The van der Waals surface area contributed by atoms with Gasteiger partial charge in [-0.05, 0) is 26.0 Å². The van der Waals surface area contributed by atoms with Crippen LogP contribution >= 0.6 is 0 Å². The summed E-state index contributed by atoms with van der Waals surface area (Å²) in [6.07, 6.45) is 6.93. The Morgan fingerprint density at radius 3 is 2.72 bits per heavy atom. The summed E-state index contributed by atoms with van der Waals surface area (Å²) in [7, 11) is 0. The minimum atomic E-state index is -1.08. The van der Waals surface area contributed by atoms with E-state index in [1.165, 1.54) is 0 Å². The van der Waals surface area contributed by atoms with Crippen LogP contribution in [-0.2, 0) is 4.79 Å². The van der Waals surface area contributed by atoms with Crippen molar-refractivity contribution in [1.82, 2.24) is 9.47 Å². The van der Waals surface area contributed by atoms with Gasteiger partial charge in [0.15, 0.2) is 0 Å². The fourth-order valence-corrected chi connectivity index (χ4v) is 1.66. The van der Waals surface area contributed by atoms with Gasteiger partial charge in [-0.2, -0.15) is 0 Å². The molecule has 0 aliphatic carbocycles. The third-order valence-corrected chi connectivity index (χ3v) is 2.45. The Labute approximate surface area is 106 Å². The predicted octanol–water partition coefficient (Wildman–Crippen LogP) is 1.23. The lowest BCUT2D eigenvalue weighted by molar-refractivity contribution is -0.137. The van der Waals surface area contributed by atoms with E-state index in [1.807, 2.05) is 13.8 Å². The van der Waals surface area contributed by atoms with E-state index in [0.29, 0.717) is 5.69 Å². The fraction of sp³-hybridized carbons (Fsp3) is 0.385. The lowest BCUT2D eigenvalue weighted by atomic mass is 10.3.